The summed E-state index contributed by atoms with van der Waals surface area (Å²) in [7, 11) is 0. The molecule has 0 heterocycles. The van der Waals surface area contributed by atoms with Gasteiger partial charge in [-0.2, -0.15) is 18.3 Å². The summed E-state index contributed by atoms with van der Waals surface area (Å²) in [5.41, 5.74) is 2.16. The summed E-state index contributed by atoms with van der Waals surface area (Å²) < 4.78 is 38.7. The summed E-state index contributed by atoms with van der Waals surface area (Å²) in [6.45, 7) is 0. The number of rotatable bonds is 4. The van der Waals surface area contributed by atoms with Crippen LogP contribution in [-0.4, -0.2) is 23.2 Å². The monoisotopic (exact) mass is 385 g/mol. The van der Waals surface area contributed by atoms with Crippen LogP contribution in [0.2, 0.25) is 5.02 Å². The Kier molecular flexibility index (Phi) is 5.96. The zero-order valence-electron chi connectivity index (χ0n) is 12.8. The number of carbonyl (C=O) groups excluding carboxylic acids is 2. The van der Waals surface area contributed by atoms with Crippen molar-refractivity contribution in [3.63, 3.8) is 0 Å². The Hall–Kier alpha value is -2.91. The first-order chi connectivity index (χ1) is 12.2. The van der Waals surface area contributed by atoms with Gasteiger partial charge in [0.15, 0.2) is 0 Å². The zero-order valence-corrected chi connectivity index (χ0v) is 13.6. The predicted octanol–water partition coefficient (Wildman–Crippen LogP) is 3.24. The van der Waals surface area contributed by atoms with Gasteiger partial charge in [-0.3, -0.25) is 14.8 Å². The van der Waals surface area contributed by atoms with Gasteiger partial charge in [-0.05, 0) is 24.3 Å². The van der Waals surface area contributed by atoms with Crippen molar-refractivity contribution >= 4 is 29.6 Å². The smallest absolute Gasteiger partial charge is 0.288 e. The normalized spacial score (nSPS) is 11.4. The van der Waals surface area contributed by atoms with Crippen molar-refractivity contribution in [1.82, 2.24) is 10.9 Å². The number of hydrazone groups is 1. The molecule has 0 unspecified atom stereocenters. The molecule has 2 rings (SSSR count). The van der Waals surface area contributed by atoms with Crippen LogP contribution in [0.1, 0.15) is 31.8 Å². The molecule has 3 N–H and O–H groups in total. The van der Waals surface area contributed by atoms with Crippen LogP contribution in [0.25, 0.3) is 0 Å². The highest BCUT2D eigenvalue weighted by Gasteiger charge is 2.34. The van der Waals surface area contributed by atoms with Crippen LogP contribution in [0.5, 0.6) is 0 Å². The number of hydroxylamine groups is 1. The summed E-state index contributed by atoms with van der Waals surface area (Å²) in [6.07, 6.45) is -3.57. The highest BCUT2D eigenvalue weighted by molar-refractivity contribution is 6.33. The maximum Gasteiger partial charge on any atom is 0.417 e. The van der Waals surface area contributed by atoms with Gasteiger partial charge in [-0.1, -0.05) is 29.8 Å². The van der Waals surface area contributed by atoms with Crippen molar-refractivity contribution < 1.29 is 28.0 Å². The summed E-state index contributed by atoms with van der Waals surface area (Å²) >= 11 is 5.93. The van der Waals surface area contributed by atoms with Crippen LogP contribution in [-0.2, 0) is 6.18 Å². The zero-order chi connectivity index (χ0) is 19.3. The van der Waals surface area contributed by atoms with Crippen molar-refractivity contribution in [2.45, 2.75) is 6.18 Å². The fourth-order valence-corrected chi connectivity index (χ4v) is 2.22. The molecule has 0 radical (unpaired) electrons. The van der Waals surface area contributed by atoms with Crippen molar-refractivity contribution in [3.8, 4) is 0 Å². The summed E-state index contributed by atoms with van der Waals surface area (Å²) in [4.78, 5) is 23.2. The number of nitrogens with zero attached hydrogens (tertiary/aromatic N) is 1. The molecular weight excluding hydrogens is 375 g/mol. The van der Waals surface area contributed by atoms with Crippen molar-refractivity contribution in [2.24, 2.45) is 5.10 Å². The fraction of sp³-hybridized carbons (Fsp3) is 0.0625. The number of alkyl halides is 3. The summed E-state index contributed by atoms with van der Waals surface area (Å²) in [5, 5.41) is 12.2. The highest BCUT2D eigenvalue weighted by Crippen LogP contribution is 2.31. The molecule has 0 saturated heterocycles. The van der Waals surface area contributed by atoms with Crippen molar-refractivity contribution in [1.29, 1.82) is 0 Å². The molecule has 10 heteroatoms. The molecule has 136 valence electrons. The van der Waals surface area contributed by atoms with E-state index < -0.39 is 29.1 Å². The Bertz CT molecular complexity index is 869. The number of amides is 2. The van der Waals surface area contributed by atoms with Crippen LogP contribution < -0.4 is 10.9 Å². The third kappa shape index (κ3) is 4.58. The fourth-order valence-electron chi connectivity index (χ4n) is 1.99. The molecule has 2 amide bonds. The third-order valence-corrected chi connectivity index (χ3v) is 3.54. The molecule has 0 atom stereocenters. The lowest BCUT2D eigenvalue weighted by Gasteiger charge is -2.11. The minimum Gasteiger partial charge on any atom is -0.288 e. The summed E-state index contributed by atoms with van der Waals surface area (Å²) in [6, 6.07) is 8.26. The Morgan fingerprint density at radius 1 is 1.12 bits per heavy atom. The molecule has 0 saturated carbocycles. The molecule has 26 heavy (non-hydrogen) atoms. The van der Waals surface area contributed by atoms with Gasteiger partial charge in [-0.15, -0.1) is 0 Å². The minimum absolute atomic E-state index is 0.0813. The van der Waals surface area contributed by atoms with Gasteiger partial charge in [0.05, 0.1) is 22.4 Å². The molecule has 2 aromatic carbocycles. The van der Waals surface area contributed by atoms with Gasteiger partial charge < -0.3 is 0 Å². The number of benzene rings is 2. The second-order valence-electron chi connectivity index (χ2n) is 4.92. The second kappa shape index (κ2) is 7.98. The Morgan fingerprint density at radius 2 is 1.81 bits per heavy atom. The van der Waals surface area contributed by atoms with E-state index in [0.717, 1.165) is 18.3 Å². The Balaban J connectivity index is 2.15. The van der Waals surface area contributed by atoms with Gasteiger partial charge >= 0.3 is 6.18 Å². The molecule has 0 aliphatic carbocycles. The van der Waals surface area contributed by atoms with Gasteiger partial charge in [0.2, 0.25) is 0 Å². The Labute approximate surface area is 150 Å². The first kappa shape index (κ1) is 19.4. The van der Waals surface area contributed by atoms with E-state index in [1.807, 2.05) is 5.43 Å². The van der Waals surface area contributed by atoms with E-state index in [2.05, 4.69) is 5.10 Å². The Morgan fingerprint density at radius 3 is 2.42 bits per heavy atom. The highest BCUT2D eigenvalue weighted by atomic mass is 35.5. The molecule has 0 spiro atoms. The van der Waals surface area contributed by atoms with Gasteiger partial charge in [0, 0.05) is 11.1 Å². The average Bonchev–Trinajstić information content (AvgIpc) is 2.61. The first-order valence-electron chi connectivity index (χ1n) is 6.97. The van der Waals surface area contributed by atoms with Gasteiger partial charge in [0.1, 0.15) is 0 Å². The number of hydrogen-bond acceptors (Lipinski definition) is 4. The molecule has 0 fully saturated rings. The largest absolute Gasteiger partial charge is 0.417 e. The van der Waals surface area contributed by atoms with Crippen LogP contribution in [0.3, 0.4) is 0 Å². The van der Waals surface area contributed by atoms with E-state index in [1.54, 1.807) is 0 Å². The van der Waals surface area contributed by atoms with E-state index >= 15 is 0 Å². The van der Waals surface area contributed by atoms with E-state index in [1.165, 1.54) is 35.8 Å². The van der Waals surface area contributed by atoms with Crippen LogP contribution in [0.15, 0.2) is 47.6 Å². The van der Waals surface area contributed by atoms with Crippen molar-refractivity contribution in [2.75, 3.05) is 0 Å². The SMILES string of the molecule is O=C(NO)c1ccc(C=NNC(=O)c2ccccc2C(F)(F)F)c(Cl)c1. The maximum absolute atomic E-state index is 12.9. The quantitative estimate of drug-likeness (QED) is 0.428. The van der Waals surface area contributed by atoms with Gasteiger partial charge in [0.25, 0.3) is 11.8 Å². The van der Waals surface area contributed by atoms with Gasteiger partial charge in [-0.25, -0.2) is 10.9 Å². The lowest BCUT2D eigenvalue weighted by molar-refractivity contribution is -0.137. The van der Waals surface area contributed by atoms with Crippen molar-refractivity contribution in [3.05, 3.63) is 69.7 Å². The first-order valence-corrected chi connectivity index (χ1v) is 7.35. The van der Waals surface area contributed by atoms with Crippen LogP contribution in [0.4, 0.5) is 13.2 Å². The molecule has 2 aromatic rings. The van der Waals surface area contributed by atoms with E-state index in [0.29, 0.717) is 5.56 Å². The molecule has 6 nitrogen and oxygen atoms in total. The molecule has 0 aliphatic heterocycles. The third-order valence-electron chi connectivity index (χ3n) is 3.21. The molecule has 0 aromatic heterocycles. The number of halogens is 4. The van der Waals surface area contributed by atoms with E-state index in [9.17, 15) is 22.8 Å². The number of hydrogen-bond donors (Lipinski definition) is 3. The van der Waals surface area contributed by atoms with Crippen LogP contribution in [0, 0.1) is 0 Å². The number of nitrogens with one attached hydrogen (secondary N) is 2. The molecule has 0 aliphatic rings. The topological polar surface area (TPSA) is 90.8 Å². The number of carbonyl (C=O) groups is 2. The summed E-state index contributed by atoms with van der Waals surface area (Å²) in [5.74, 6) is -1.81. The lowest BCUT2D eigenvalue weighted by Crippen LogP contribution is -2.22. The van der Waals surface area contributed by atoms with E-state index in [4.69, 9.17) is 16.8 Å². The maximum atomic E-state index is 12.9. The minimum atomic E-state index is -4.68. The van der Waals surface area contributed by atoms with Crippen LogP contribution >= 0.6 is 11.6 Å². The average molecular weight is 386 g/mol. The standard InChI is InChI=1S/C16H11ClF3N3O3/c17-13-7-9(14(24)23-26)5-6-10(13)8-21-22-15(25)11-3-1-2-4-12(11)16(18,19)20/h1-8,26H,(H,22,25)(H,23,24). The second-order valence-corrected chi connectivity index (χ2v) is 5.33. The van der Waals surface area contributed by atoms with E-state index in [-0.39, 0.29) is 10.6 Å². The predicted molar refractivity (Wildman–Crippen MR) is 87.2 cm³/mol. The molecule has 0 bridgehead atoms. The molecular formula is C16H11ClF3N3O3. The lowest BCUT2D eigenvalue weighted by atomic mass is 10.1.